The summed E-state index contributed by atoms with van der Waals surface area (Å²) in [6.07, 6.45) is 2.58. The average molecular weight is 303 g/mol. The Labute approximate surface area is 134 Å². The molecule has 2 unspecified atom stereocenters. The fourth-order valence-electron chi connectivity index (χ4n) is 3.95. The molecule has 3 rings (SSSR count). The van der Waals surface area contributed by atoms with E-state index in [-0.39, 0.29) is 0 Å². The molecule has 1 aromatic carbocycles. The van der Waals surface area contributed by atoms with E-state index in [0.29, 0.717) is 18.0 Å². The average Bonchev–Trinajstić information content (AvgIpc) is 3.04. The van der Waals surface area contributed by atoms with Gasteiger partial charge in [0.2, 0.25) is 0 Å². The molecule has 2 N–H and O–H groups in total. The molecule has 2 atom stereocenters. The Balaban J connectivity index is 1.68. The standard InChI is InChI=1S/C18H29N3O/c1-13(2)21-9-7-14(8-10-21)18-17(12-19-20-18)15-5-4-6-16(11-15)22-3/h4-6,11,13-14,17-20H,7-10,12H2,1-3H3. The van der Waals surface area contributed by atoms with Gasteiger partial charge in [0.1, 0.15) is 5.75 Å². The first-order valence-corrected chi connectivity index (χ1v) is 8.55. The Hall–Kier alpha value is -1.10. The largest absolute Gasteiger partial charge is 0.497 e. The van der Waals surface area contributed by atoms with Gasteiger partial charge < -0.3 is 9.64 Å². The second-order valence-corrected chi connectivity index (χ2v) is 6.90. The normalized spacial score (nSPS) is 27.5. The second kappa shape index (κ2) is 6.99. The maximum atomic E-state index is 5.39. The van der Waals surface area contributed by atoms with Crippen LogP contribution in [0.15, 0.2) is 24.3 Å². The number of hydrogen-bond donors (Lipinski definition) is 2. The molecule has 4 heteroatoms. The smallest absolute Gasteiger partial charge is 0.119 e. The summed E-state index contributed by atoms with van der Waals surface area (Å²) >= 11 is 0. The Morgan fingerprint density at radius 2 is 2.00 bits per heavy atom. The zero-order chi connectivity index (χ0) is 15.5. The highest BCUT2D eigenvalue weighted by molar-refractivity contribution is 5.32. The van der Waals surface area contributed by atoms with Gasteiger partial charge in [-0.15, -0.1) is 0 Å². The lowest BCUT2D eigenvalue weighted by atomic mass is 9.80. The third-order valence-corrected chi connectivity index (χ3v) is 5.36. The van der Waals surface area contributed by atoms with Crippen LogP contribution in [-0.2, 0) is 0 Å². The monoisotopic (exact) mass is 303 g/mol. The molecule has 0 spiro atoms. The van der Waals surface area contributed by atoms with Gasteiger partial charge in [0.25, 0.3) is 0 Å². The van der Waals surface area contributed by atoms with Gasteiger partial charge in [0.05, 0.1) is 7.11 Å². The number of piperidine rings is 1. The van der Waals surface area contributed by atoms with Gasteiger partial charge in [-0.25, -0.2) is 0 Å². The van der Waals surface area contributed by atoms with Gasteiger partial charge >= 0.3 is 0 Å². The molecule has 0 bridgehead atoms. The highest BCUT2D eigenvalue weighted by atomic mass is 16.5. The van der Waals surface area contributed by atoms with E-state index in [1.165, 1.54) is 31.5 Å². The maximum absolute atomic E-state index is 5.39. The summed E-state index contributed by atoms with van der Waals surface area (Å²) in [6, 6.07) is 9.75. The molecule has 122 valence electrons. The molecular formula is C18H29N3O. The summed E-state index contributed by atoms with van der Waals surface area (Å²) in [5.74, 6) is 2.24. The SMILES string of the molecule is COc1cccc(C2CNNC2C2CCN(C(C)C)CC2)c1. The van der Waals surface area contributed by atoms with Gasteiger partial charge in [-0.05, 0) is 63.4 Å². The number of likely N-dealkylation sites (tertiary alicyclic amines) is 1. The summed E-state index contributed by atoms with van der Waals surface area (Å²) in [4.78, 5) is 2.60. The van der Waals surface area contributed by atoms with Crippen LogP contribution in [0.2, 0.25) is 0 Å². The van der Waals surface area contributed by atoms with Gasteiger partial charge in [-0.2, -0.15) is 0 Å². The number of ether oxygens (including phenoxy) is 1. The molecule has 2 aliphatic heterocycles. The van der Waals surface area contributed by atoms with Crippen LogP contribution in [0.4, 0.5) is 0 Å². The topological polar surface area (TPSA) is 36.5 Å². The fraction of sp³-hybridized carbons (Fsp3) is 0.667. The molecule has 2 aliphatic rings. The molecule has 22 heavy (non-hydrogen) atoms. The van der Waals surface area contributed by atoms with Crippen molar-refractivity contribution in [2.75, 3.05) is 26.7 Å². The third-order valence-electron chi connectivity index (χ3n) is 5.36. The van der Waals surface area contributed by atoms with E-state index >= 15 is 0 Å². The minimum absolute atomic E-state index is 0.529. The van der Waals surface area contributed by atoms with E-state index in [4.69, 9.17) is 4.74 Å². The van der Waals surface area contributed by atoms with Crippen LogP contribution < -0.4 is 15.6 Å². The number of methoxy groups -OCH3 is 1. The van der Waals surface area contributed by atoms with Crippen molar-refractivity contribution in [2.45, 2.75) is 44.7 Å². The van der Waals surface area contributed by atoms with E-state index in [1.807, 2.05) is 6.07 Å². The molecule has 2 heterocycles. The lowest BCUT2D eigenvalue weighted by molar-refractivity contribution is 0.130. The third kappa shape index (κ3) is 3.29. The van der Waals surface area contributed by atoms with Crippen molar-refractivity contribution in [1.82, 2.24) is 15.8 Å². The zero-order valence-corrected chi connectivity index (χ0v) is 14.0. The van der Waals surface area contributed by atoms with Crippen molar-refractivity contribution >= 4 is 0 Å². The number of benzene rings is 1. The van der Waals surface area contributed by atoms with Crippen molar-refractivity contribution in [3.05, 3.63) is 29.8 Å². The molecule has 0 amide bonds. The number of nitrogens with zero attached hydrogens (tertiary/aromatic N) is 1. The van der Waals surface area contributed by atoms with E-state index in [9.17, 15) is 0 Å². The number of hydrazine groups is 1. The molecule has 4 nitrogen and oxygen atoms in total. The van der Waals surface area contributed by atoms with Crippen LogP contribution >= 0.6 is 0 Å². The van der Waals surface area contributed by atoms with E-state index in [1.54, 1.807) is 7.11 Å². The summed E-state index contributed by atoms with van der Waals surface area (Å²) < 4.78 is 5.39. The van der Waals surface area contributed by atoms with Crippen LogP contribution in [0.5, 0.6) is 5.75 Å². The second-order valence-electron chi connectivity index (χ2n) is 6.90. The zero-order valence-electron chi connectivity index (χ0n) is 14.0. The van der Waals surface area contributed by atoms with E-state index < -0.39 is 0 Å². The van der Waals surface area contributed by atoms with Crippen LogP contribution in [0, 0.1) is 5.92 Å². The van der Waals surface area contributed by atoms with Crippen molar-refractivity contribution in [3.63, 3.8) is 0 Å². The van der Waals surface area contributed by atoms with Crippen LogP contribution in [0.1, 0.15) is 38.2 Å². The van der Waals surface area contributed by atoms with E-state index in [2.05, 4.69) is 47.8 Å². The first-order chi connectivity index (χ1) is 10.7. The van der Waals surface area contributed by atoms with Gasteiger partial charge in [-0.1, -0.05) is 12.1 Å². The Morgan fingerprint density at radius 3 is 2.68 bits per heavy atom. The van der Waals surface area contributed by atoms with Crippen molar-refractivity contribution in [1.29, 1.82) is 0 Å². The molecule has 1 aromatic rings. The highest BCUT2D eigenvalue weighted by Crippen LogP contribution is 2.33. The van der Waals surface area contributed by atoms with Gasteiger partial charge in [0.15, 0.2) is 0 Å². The maximum Gasteiger partial charge on any atom is 0.119 e. The highest BCUT2D eigenvalue weighted by Gasteiger charge is 2.36. The molecule has 2 saturated heterocycles. The van der Waals surface area contributed by atoms with Crippen molar-refractivity contribution in [3.8, 4) is 5.75 Å². The quantitative estimate of drug-likeness (QED) is 0.895. The Kier molecular flexibility index (Phi) is 5.01. The lowest BCUT2D eigenvalue weighted by Crippen LogP contribution is -2.45. The number of hydrogen-bond acceptors (Lipinski definition) is 4. The van der Waals surface area contributed by atoms with Gasteiger partial charge in [0, 0.05) is 24.5 Å². The predicted molar refractivity (Wildman–Crippen MR) is 90.1 cm³/mol. The number of rotatable bonds is 4. The molecule has 0 radical (unpaired) electrons. The van der Waals surface area contributed by atoms with Gasteiger partial charge in [-0.3, -0.25) is 10.9 Å². The van der Waals surface area contributed by atoms with Crippen LogP contribution in [0.3, 0.4) is 0 Å². The van der Waals surface area contributed by atoms with E-state index in [0.717, 1.165) is 18.2 Å². The molecular weight excluding hydrogens is 274 g/mol. The predicted octanol–water partition coefficient (Wildman–Crippen LogP) is 2.38. The van der Waals surface area contributed by atoms with Crippen LogP contribution in [-0.4, -0.2) is 43.7 Å². The molecule has 0 saturated carbocycles. The molecule has 0 aromatic heterocycles. The van der Waals surface area contributed by atoms with Crippen LogP contribution in [0.25, 0.3) is 0 Å². The first-order valence-electron chi connectivity index (χ1n) is 8.55. The minimum Gasteiger partial charge on any atom is -0.497 e. The lowest BCUT2D eigenvalue weighted by Gasteiger charge is -2.38. The first kappa shape index (κ1) is 15.8. The Bertz CT molecular complexity index is 483. The van der Waals surface area contributed by atoms with Crippen molar-refractivity contribution < 1.29 is 4.74 Å². The van der Waals surface area contributed by atoms with Crippen molar-refractivity contribution in [2.24, 2.45) is 5.92 Å². The molecule has 2 fully saturated rings. The molecule has 0 aliphatic carbocycles. The summed E-state index contributed by atoms with van der Waals surface area (Å²) in [7, 11) is 1.74. The minimum atomic E-state index is 0.529. The number of nitrogens with one attached hydrogen (secondary N) is 2. The fourth-order valence-corrected chi connectivity index (χ4v) is 3.95. The summed E-state index contributed by atoms with van der Waals surface area (Å²) in [6.45, 7) is 8.06. The summed E-state index contributed by atoms with van der Waals surface area (Å²) in [5, 5.41) is 0. The Morgan fingerprint density at radius 1 is 1.23 bits per heavy atom. The summed E-state index contributed by atoms with van der Waals surface area (Å²) in [5.41, 5.74) is 8.31.